The number of ether oxygens (including phenoxy) is 1. The Bertz CT molecular complexity index is 596. The number of para-hydroxylation sites is 1. The van der Waals surface area contributed by atoms with E-state index >= 15 is 0 Å². The Balaban J connectivity index is 1.92. The second kappa shape index (κ2) is 5.52. The summed E-state index contributed by atoms with van der Waals surface area (Å²) >= 11 is 0. The topological polar surface area (TPSA) is 69.0 Å². The molecule has 2 heterocycles. The number of nitrogens with zero attached hydrogens (tertiary/aromatic N) is 3. The maximum Gasteiger partial charge on any atom is 0.190 e. The van der Waals surface area contributed by atoms with E-state index in [1.807, 2.05) is 37.4 Å². The van der Waals surface area contributed by atoms with E-state index in [0.29, 0.717) is 18.9 Å². The number of hydrogen-bond acceptors (Lipinski definition) is 5. The minimum atomic E-state index is -0.194. The molecule has 1 N–H and O–H groups in total. The Kier molecular flexibility index (Phi) is 3.58. The van der Waals surface area contributed by atoms with Crippen LogP contribution in [-0.4, -0.2) is 47.1 Å². The molecule has 0 amide bonds. The molecule has 1 aliphatic rings. The van der Waals surface area contributed by atoms with Gasteiger partial charge < -0.3 is 10.1 Å². The summed E-state index contributed by atoms with van der Waals surface area (Å²) in [6.07, 6.45) is 1.51. The van der Waals surface area contributed by atoms with Gasteiger partial charge in [-0.3, -0.25) is 4.79 Å². The second-order valence-electron chi connectivity index (χ2n) is 4.77. The molecular formula is C14H16N4O2. The van der Waals surface area contributed by atoms with Crippen LogP contribution in [-0.2, 0) is 4.74 Å². The first-order chi connectivity index (χ1) is 9.81. The third kappa shape index (κ3) is 2.23. The molecule has 2 atom stereocenters. The lowest BCUT2D eigenvalue weighted by Crippen LogP contribution is -2.37. The third-order valence-electron chi connectivity index (χ3n) is 3.59. The van der Waals surface area contributed by atoms with E-state index in [-0.39, 0.29) is 17.7 Å². The molecule has 20 heavy (non-hydrogen) atoms. The van der Waals surface area contributed by atoms with E-state index in [1.54, 1.807) is 4.68 Å². The molecule has 1 aromatic carbocycles. The van der Waals surface area contributed by atoms with E-state index in [4.69, 9.17) is 4.74 Å². The monoisotopic (exact) mass is 272 g/mol. The summed E-state index contributed by atoms with van der Waals surface area (Å²) in [5.74, 6) is -0.184. The SMILES string of the molecule is CNC1COCC1C(=O)c1cnnn1-c1ccccc1. The highest BCUT2D eigenvalue weighted by molar-refractivity contribution is 5.97. The first kappa shape index (κ1) is 13.0. The van der Waals surface area contributed by atoms with Crippen LogP contribution in [0.15, 0.2) is 36.5 Å². The van der Waals surface area contributed by atoms with Crippen molar-refractivity contribution in [3.05, 3.63) is 42.2 Å². The van der Waals surface area contributed by atoms with Crippen molar-refractivity contribution in [1.82, 2.24) is 20.3 Å². The number of benzene rings is 1. The normalized spacial score (nSPS) is 22.1. The second-order valence-corrected chi connectivity index (χ2v) is 4.77. The van der Waals surface area contributed by atoms with Crippen molar-refractivity contribution in [1.29, 1.82) is 0 Å². The molecule has 0 spiro atoms. The molecule has 0 bridgehead atoms. The lowest BCUT2D eigenvalue weighted by molar-refractivity contribution is 0.0884. The predicted octanol–water partition coefficient (Wildman–Crippen LogP) is 0.684. The number of nitrogens with one attached hydrogen (secondary N) is 1. The average molecular weight is 272 g/mol. The number of carbonyl (C=O) groups is 1. The molecule has 0 saturated carbocycles. The smallest absolute Gasteiger partial charge is 0.190 e. The molecule has 3 rings (SSSR count). The molecule has 6 heteroatoms. The maximum absolute atomic E-state index is 12.7. The van der Waals surface area contributed by atoms with E-state index in [2.05, 4.69) is 15.6 Å². The van der Waals surface area contributed by atoms with Crippen molar-refractivity contribution in [2.45, 2.75) is 6.04 Å². The lowest BCUT2D eigenvalue weighted by atomic mass is 9.96. The van der Waals surface area contributed by atoms with Crippen LogP contribution in [0.5, 0.6) is 0 Å². The van der Waals surface area contributed by atoms with Crippen molar-refractivity contribution >= 4 is 5.78 Å². The van der Waals surface area contributed by atoms with Gasteiger partial charge in [0, 0.05) is 6.04 Å². The van der Waals surface area contributed by atoms with Gasteiger partial charge in [-0.05, 0) is 19.2 Å². The number of rotatable bonds is 4. The van der Waals surface area contributed by atoms with Crippen LogP contribution in [0.1, 0.15) is 10.5 Å². The van der Waals surface area contributed by atoms with Crippen molar-refractivity contribution in [3.8, 4) is 5.69 Å². The fraction of sp³-hybridized carbons (Fsp3) is 0.357. The summed E-state index contributed by atoms with van der Waals surface area (Å²) in [6.45, 7) is 0.990. The van der Waals surface area contributed by atoms with Gasteiger partial charge in [-0.25, -0.2) is 4.68 Å². The van der Waals surface area contributed by atoms with Crippen molar-refractivity contribution in [3.63, 3.8) is 0 Å². The molecule has 1 aliphatic heterocycles. The van der Waals surface area contributed by atoms with Crippen molar-refractivity contribution in [2.24, 2.45) is 5.92 Å². The summed E-state index contributed by atoms with van der Waals surface area (Å²) < 4.78 is 6.97. The van der Waals surface area contributed by atoms with E-state index in [9.17, 15) is 4.79 Å². The number of hydrogen-bond donors (Lipinski definition) is 1. The van der Waals surface area contributed by atoms with Gasteiger partial charge in [-0.2, -0.15) is 0 Å². The van der Waals surface area contributed by atoms with Crippen LogP contribution in [0.3, 0.4) is 0 Å². The molecule has 1 saturated heterocycles. The summed E-state index contributed by atoms with van der Waals surface area (Å²) in [5.41, 5.74) is 1.32. The molecule has 2 unspecified atom stereocenters. The van der Waals surface area contributed by atoms with Gasteiger partial charge in [0.25, 0.3) is 0 Å². The van der Waals surface area contributed by atoms with Gasteiger partial charge in [0.05, 0.1) is 31.0 Å². The highest BCUT2D eigenvalue weighted by Gasteiger charge is 2.35. The minimum Gasteiger partial charge on any atom is -0.379 e. The van der Waals surface area contributed by atoms with Crippen LogP contribution in [0, 0.1) is 5.92 Å². The Hall–Kier alpha value is -2.05. The Morgan fingerprint density at radius 2 is 2.15 bits per heavy atom. The fourth-order valence-corrected chi connectivity index (χ4v) is 2.45. The number of Topliss-reactive ketones (excluding diaryl/α,β-unsaturated/α-hetero) is 1. The molecule has 0 radical (unpaired) electrons. The molecule has 1 aromatic heterocycles. The van der Waals surface area contributed by atoms with Gasteiger partial charge in [-0.15, -0.1) is 5.10 Å². The van der Waals surface area contributed by atoms with Gasteiger partial charge in [0.2, 0.25) is 0 Å². The van der Waals surface area contributed by atoms with Crippen LogP contribution >= 0.6 is 0 Å². The first-order valence-corrected chi connectivity index (χ1v) is 6.56. The minimum absolute atomic E-state index is 0.00991. The standard InChI is InChI=1S/C14H16N4O2/c1-15-12-9-20-8-11(12)14(19)13-7-16-17-18(13)10-5-3-2-4-6-10/h2-7,11-12,15H,8-9H2,1H3. The van der Waals surface area contributed by atoms with Crippen LogP contribution < -0.4 is 5.32 Å². The fourth-order valence-electron chi connectivity index (χ4n) is 2.45. The summed E-state index contributed by atoms with van der Waals surface area (Å²) in [7, 11) is 1.84. The molecule has 104 valence electrons. The Morgan fingerprint density at radius 3 is 2.90 bits per heavy atom. The van der Waals surface area contributed by atoms with Crippen LogP contribution in [0.4, 0.5) is 0 Å². The van der Waals surface area contributed by atoms with Gasteiger partial charge >= 0.3 is 0 Å². The molecule has 1 fully saturated rings. The van der Waals surface area contributed by atoms with E-state index in [1.165, 1.54) is 6.20 Å². The van der Waals surface area contributed by atoms with Crippen LogP contribution in [0.2, 0.25) is 0 Å². The molecule has 0 aliphatic carbocycles. The summed E-state index contributed by atoms with van der Waals surface area (Å²) in [6, 6.07) is 9.56. The molecule has 2 aromatic rings. The lowest BCUT2D eigenvalue weighted by Gasteiger charge is -2.15. The zero-order valence-electron chi connectivity index (χ0n) is 11.2. The summed E-state index contributed by atoms with van der Waals surface area (Å²) in [4.78, 5) is 12.7. The first-order valence-electron chi connectivity index (χ1n) is 6.56. The molecule has 6 nitrogen and oxygen atoms in total. The number of carbonyl (C=O) groups excluding carboxylic acids is 1. The van der Waals surface area contributed by atoms with E-state index < -0.39 is 0 Å². The van der Waals surface area contributed by atoms with Crippen LogP contribution in [0.25, 0.3) is 5.69 Å². The van der Waals surface area contributed by atoms with E-state index in [0.717, 1.165) is 5.69 Å². The van der Waals surface area contributed by atoms with Gasteiger partial charge in [0.1, 0.15) is 5.69 Å². The average Bonchev–Trinajstić information content (AvgIpc) is 3.16. The highest BCUT2D eigenvalue weighted by atomic mass is 16.5. The van der Waals surface area contributed by atoms with Crippen molar-refractivity contribution in [2.75, 3.05) is 20.3 Å². The zero-order chi connectivity index (χ0) is 13.9. The quantitative estimate of drug-likeness (QED) is 0.829. The van der Waals surface area contributed by atoms with Gasteiger partial charge in [0.15, 0.2) is 5.78 Å². The summed E-state index contributed by atoms with van der Waals surface area (Å²) in [5, 5.41) is 11.0. The van der Waals surface area contributed by atoms with Crippen molar-refractivity contribution < 1.29 is 9.53 Å². The zero-order valence-corrected chi connectivity index (χ0v) is 11.2. The Labute approximate surface area is 116 Å². The Morgan fingerprint density at radius 1 is 1.35 bits per heavy atom. The number of ketones is 1. The van der Waals surface area contributed by atoms with Gasteiger partial charge in [-0.1, -0.05) is 23.4 Å². The number of aromatic nitrogens is 3. The molecular weight excluding hydrogens is 256 g/mol. The highest BCUT2D eigenvalue weighted by Crippen LogP contribution is 2.20. The predicted molar refractivity (Wildman–Crippen MR) is 72.8 cm³/mol. The maximum atomic E-state index is 12.7. The number of likely N-dealkylation sites (N-methyl/N-ethyl adjacent to an activating group) is 1. The largest absolute Gasteiger partial charge is 0.379 e. The third-order valence-corrected chi connectivity index (χ3v) is 3.59.